The fourth-order valence-electron chi connectivity index (χ4n) is 3.09. The van der Waals surface area contributed by atoms with E-state index < -0.39 is 0 Å². The molecule has 1 N–H and O–H groups in total. The Morgan fingerprint density at radius 1 is 1.04 bits per heavy atom. The van der Waals surface area contributed by atoms with Crippen molar-refractivity contribution in [1.29, 1.82) is 0 Å². The van der Waals surface area contributed by atoms with Crippen LogP contribution in [0.4, 0.5) is 4.39 Å². The molecule has 2 aromatic rings. The summed E-state index contributed by atoms with van der Waals surface area (Å²) < 4.78 is 25.6. The van der Waals surface area contributed by atoms with Gasteiger partial charge in [0.05, 0.1) is 19.3 Å². The SMILES string of the molecule is CCOc1cc2c(cc1OCC)C(c1ccccc1F)NCC2. The minimum Gasteiger partial charge on any atom is -0.490 e. The first kappa shape index (κ1) is 15.8. The molecule has 1 atom stereocenters. The van der Waals surface area contributed by atoms with Gasteiger partial charge in [-0.2, -0.15) is 0 Å². The summed E-state index contributed by atoms with van der Waals surface area (Å²) in [7, 11) is 0. The van der Waals surface area contributed by atoms with Crippen LogP contribution >= 0.6 is 0 Å². The lowest BCUT2D eigenvalue weighted by atomic mass is 9.89. The molecule has 4 heteroatoms. The van der Waals surface area contributed by atoms with E-state index in [1.165, 1.54) is 11.6 Å². The molecule has 3 rings (SSSR count). The molecule has 122 valence electrons. The van der Waals surface area contributed by atoms with Crippen molar-refractivity contribution >= 4 is 0 Å². The van der Waals surface area contributed by atoms with Gasteiger partial charge in [0, 0.05) is 12.1 Å². The van der Waals surface area contributed by atoms with Crippen LogP contribution in [0.2, 0.25) is 0 Å². The number of ether oxygens (including phenoxy) is 2. The van der Waals surface area contributed by atoms with Crippen LogP contribution < -0.4 is 14.8 Å². The zero-order valence-corrected chi connectivity index (χ0v) is 13.6. The Balaban J connectivity index is 2.07. The van der Waals surface area contributed by atoms with Gasteiger partial charge in [0.2, 0.25) is 0 Å². The van der Waals surface area contributed by atoms with E-state index in [1.54, 1.807) is 6.07 Å². The maximum atomic E-state index is 14.2. The van der Waals surface area contributed by atoms with Crippen LogP contribution in [0.1, 0.15) is 36.6 Å². The molecule has 1 aliphatic rings. The predicted octanol–water partition coefficient (Wildman–Crippen LogP) is 3.86. The van der Waals surface area contributed by atoms with E-state index in [0.29, 0.717) is 18.8 Å². The third kappa shape index (κ3) is 3.17. The molecule has 2 aromatic carbocycles. The first-order valence-electron chi connectivity index (χ1n) is 8.14. The molecule has 0 saturated heterocycles. The summed E-state index contributed by atoms with van der Waals surface area (Å²) in [6.45, 7) is 5.87. The largest absolute Gasteiger partial charge is 0.490 e. The highest BCUT2D eigenvalue weighted by molar-refractivity contribution is 5.51. The minimum atomic E-state index is -0.190. The lowest BCUT2D eigenvalue weighted by Gasteiger charge is -2.29. The van der Waals surface area contributed by atoms with Gasteiger partial charge in [0.15, 0.2) is 11.5 Å². The molecule has 0 spiro atoms. The Kier molecular flexibility index (Phi) is 4.82. The number of nitrogens with one attached hydrogen (secondary N) is 1. The summed E-state index contributed by atoms with van der Waals surface area (Å²) in [6, 6.07) is 10.8. The van der Waals surface area contributed by atoms with Crippen LogP contribution in [0.5, 0.6) is 11.5 Å². The normalized spacial score (nSPS) is 16.7. The van der Waals surface area contributed by atoms with E-state index in [4.69, 9.17) is 9.47 Å². The third-order valence-corrected chi connectivity index (χ3v) is 4.08. The molecule has 0 amide bonds. The standard InChI is InChI=1S/C19H22FNO2/c1-3-22-17-11-13-9-10-21-19(14-7-5-6-8-16(14)20)15(13)12-18(17)23-4-2/h5-8,11-12,19,21H,3-4,9-10H2,1-2H3. The van der Waals surface area contributed by atoms with Gasteiger partial charge in [-0.05, 0) is 49.6 Å². The number of fused-ring (bicyclic) bond motifs is 1. The molecule has 0 fully saturated rings. The van der Waals surface area contributed by atoms with Gasteiger partial charge in [-0.25, -0.2) is 4.39 Å². The summed E-state index contributed by atoms with van der Waals surface area (Å²) in [5.41, 5.74) is 2.91. The van der Waals surface area contributed by atoms with Crippen LogP contribution in [0.3, 0.4) is 0 Å². The Hall–Kier alpha value is -2.07. The highest BCUT2D eigenvalue weighted by atomic mass is 19.1. The summed E-state index contributed by atoms with van der Waals surface area (Å²) in [5, 5.41) is 3.42. The third-order valence-electron chi connectivity index (χ3n) is 4.08. The summed E-state index contributed by atoms with van der Waals surface area (Å²) in [6.07, 6.45) is 0.896. The minimum absolute atomic E-state index is 0.158. The molecule has 0 aromatic heterocycles. The van der Waals surface area contributed by atoms with Gasteiger partial charge in [-0.3, -0.25) is 0 Å². The second kappa shape index (κ2) is 7.01. The maximum absolute atomic E-state index is 14.2. The highest BCUT2D eigenvalue weighted by Gasteiger charge is 2.25. The van der Waals surface area contributed by atoms with E-state index >= 15 is 0 Å². The fourth-order valence-corrected chi connectivity index (χ4v) is 3.09. The van der Waals surface area contributed by atoms with Crippen molar-refractivity contribution < 1.29 is 13.9 Å². The summed E-state index contributed by atoms with van der Waals surface area (Å²) >= 11 is 0. The van der Waals surface area contributed by atoms with Crippen molar-refractivity contribution in [3.8, 4) is 11.5 Å². The van der Waals surface area contributed by atoms with Gasteiger partial charge < -0.3 is 14.8 Å². The molecule has 0 radical (unpaired) electrons. The monoisotopic (exact) mass is 315 g/mol. The second-order valence-electron chi connectivity index (χ2n) is 5.52. The van der Waals surface area contributed by atoms with Crippen LogP contribution in [0.25, 0.3) is 0 Å². The first-order chi connectivity index (χ1) is 11.2. The van der Waals surface area contributed by atoms with Crippen molar-refractivity contribution in [3.63, 3.8) is 0 Å². The molecule has 3 nitrogen and oxygen atoms in total. The zero-order valence-electron chi connectivity index (χ0n) is 13.6. The lowest BCUT2D eigenvalue weighted by Crippen LogP contribution is -2.31. The predicted molar refractivity (Wildman–Crippen MR) is 88.7 cm³/mol. The smallest absolute Gasteiger partial charge is 0.161 e. The quantitative estimate of drug-likeness (QED) is 0.909. The van der Waals surface area contributed by atoms with Gasteiger partial charge in [0.1, 0.15) is 5.82 Å². The Labute approximate surface area is 136 Å². The van der Waals surface area contributed by atoms with E-state index in [1.807, 2.05) is 38.1 Å². The van der Waals surface area contributed by atoms with Crippen LogP contribution in [-0.4, -0.2) is 19.8 Å². The van der Waals surface area contributed by atoms with Gasteiger partial charge in [0.25, 0.3) is 0 Å². The topological polar surface area (TPSA) is 30.5 Å². The van der Waals surface area contributed by atoms with Crippen LogP contribution in [-0.2, 0) is 6.42 Å². The van der Waals surface area contributed by atoms with Crippen molar-refractivity contribution in [3.05, 3.63) is 58.9 Å². The molecule has 0 saturated carbocycles. The zero-order chi connectivity index (χ0) is 16.2. The Morgan fingerprint density at radius 2 is 1.74 bits per heavy atom. The second-order valence-corrected chi connectivity index (χ2v) is 5.52. The van der Waals surface area contributed by atoms with Gasteiger partial charge >= 0.3 is 0 Å². The van der Waals surface area contributed by atoms with E-state index in [2.05, 4.69) is 5.32 Å². The number of hydrogen-bond donors (Lipinski definition) is 1. The molecule has 1 unspecified atom stereocenters. The maximum Gasteiger partial charge on any atom is 0.161 e. The average molecular weight is 315 g/mol. The van der Waals surface area contributed by atoms with Crippen LogP contribution in [0, 0.1) is 5.82 Å². The fraction of sp³-hybridized carbons (Fsp3) is 0.368. The van der Waals surface area contributed by atoms with E-state index in [9.17, 15) is 4.39 Å². The van der Waals surface area contributed by atoms with Gasteiger partial charge in [-0.15, -0.1) is 0 Å². The number of rotatable bonds is 5. The van der Waals surface area contributed by atoms with Crippen molar-refractivity contribution in [2.75, 3.05) is 19.8 Å². The summed E-state index contributed by atoms with van der Waals surface area (Å²) in [4.78, 5) is 0. The van der Waals surface area contributed by atoms with Crippen molar-refractivity contribution in [2.45, 2.75) is 26.3 Å². The van der Waals surface area contributed by atoms with E-state index in [0.717, 1.165) is 30.0 Å². The molecular formula is C19H22FNO2. The number of halogens is 1. The number of benzene rings is 2. The molecule has 0 aliphatic carbocycles. The van der Waals surface area contributed by atoms with E-state index in [-0.39, 0.29) is 11.9 Å². The van der Waals surface area contributed by atoms with Crippen molar-refractivity contribution in [1.82, 2.24) is 5.32 Å². The molecule has 1 heterocycles. The van der Waals surface area contributed by atoms with Gasteiger partial charge in [-0.1, -0.05) is 18.2 Å². The molecular weight excluding hydrogens is 293 g/mol. The lowest BCUT2D eigenvalue weighted by molar-refractivity contribution is 0.286. The number of hydrogen-bond acceptors (Lipinski definition) is 3. The summed E-state index contributed by atoms with van der Waals surface area (Å²) in [5.74, 6) is 1.30. The average Bonchev–Trinajstić information content (AvgIpc) is 2.56. The first-order valence-corrected chi connectivity index (χ1v) is 8.14. The van der Waals surface area contributed by atoms with Crippen LogP contribution in [0.15, 0.2) is 36.4 Å². The highest BCUT2D eigenvalue weighted by Crippen LogP contribution is 2.38. The molecule has 1 aliphatic heterocycles. The molecule has 23 heavy (non-hydrogen) atoms. The Morgan fingerprint density at radius 3 is 2.43 bits per heavy atom. The Bertz CT molecular complexity index is 687. The molecule has 0 bridgehead atoms. The van der Waals surface area contributed by atoms with Crippen molar-refractivity contribution in [2.24, 2.45) is 0 Å².